The van der Waals surface area contributed by atoms with Crippen molar-refractivity contribution in [2.75, 3.05) is 11.5 Å². The van der Waals surface area contributed by atoms with Crippen LogP contribution in [0.2, 0.25) is 0 Å². The molecule has 13 heavy (non-hydrogen) atoms. The van der Waals surface area contributed by atoms with Crippen molar-refractivity contribution in [2.24, 2.45) is 0 Å². The first-order chi connectivity index (χ1) is 6.24. The molecule has 0 radical (unpaired) electrons. The molecule has 0 amide bonds. The maximum Gasteiger partial charge on any atom is 0.180 e. The van der Waals surface area contributed by atoms with Crippen LogP contribution >= 0.6 is 22.7 Å². The third-order valence-corrected chi connectivity index (χ3v) is 3.99. The highest BCUT2D eigenvalue weighted by molar-refractivity contribution is 7.25. The molecule has 1 aliphatic rings. The van der Waals surface area contributed by atoms with E-state index in [9.17, 15) is 0 Å². The Kier molecular flexibility index (Phi) is 1.24. The van der Waals surface area contributed by atoms with Gasteiger partial charge in [-0.1, -0.05) is 22.7 Å². The summed E-state index contributed by atoms with van der Waals surface area (Å²) in [6.45, 7) is 0. The number of thiazole rings is 2. The summed E-state index contributed by atoms with van der Waals surface area (Å²) < 4.78 is 0. The van der Waals surface area contributed by atoms with E-state index in [2.05, 4.69) is 9.97 Å². The molecule has 0 atom stereocenters. The molecule has 0 bridgehead atoms. The molecule has 2 aromatic heterocycles. The molecule has 2 aromatic rings. The van der Waals surface area contributed by atoms with Gasteiger partial charge in [0, 0.05) is 6.42 Å². The van der Waals surface area contributed by atoms with Gasteiger partial charge in [0.15, 0.2) is 10.3 Å². The van der Waals surface area contributed by atoms with Crippen molar-refractivity contribution >= 4 is 32.9 Å². The molecule has 0 saturated heterocycles. The fourth-order valence-corrected chi connectivity index (χ4v) is 3.37. The zero-order chi connectivity index (χ0) is 9.00. The summed E-state index contributed by atoms with van der Waals surface area (Å²) in [5.41, 5.74) is 13.3. The predicted molar refractivity (Wildman–Crippen MR) is 54.9 cm³/mol. The average molecular weight is 210 g/mol. The number of aromatic nitrogens is 2. The first-order valence-electron chi connectivity index (χ1n) is 3.75. The van der Waals surface area contributed by atoms with Crippen LogP contribution < -0.4 is 11.5 Å². The fraction of sp³-hybridized carbons (Fsp3) is 0.143. The van der Waals surface area contributed by atoms with Gasteiger partial charge in [0.1, 0.15) is 0 Å². The minimum atomic E-state index is 0.627. The third kappa shape index (κ3) is 0.895. The van der Waals surface area contributed by atoms with E-state index in [1.807, 2.05) is 0 Å². The van der Waals surface area contributed by atoms with Gasteiger partial charge < -0.3 is 11.5 Å². The van der Waals surface area contributed by atoms with Crippen molar-refractivity contribution in [3.63, 3.8) is 0 Å². The monoisotopic (exact) mass is 210 g/mol. The second-order valence-electron chi connectivity index (χ2n) is 2.83. The van der Waals surface area contributed by atoms with Crippen LogP contribution in [0.1, 0.15) is 11.4 Å². The van der Waals surface area contributed by atoms with Crippen molar-refractivity contribution in [2.45, 2.75) is 6.42 Å². The third-order valence-electron chi connectivity index (χ3n) is 1.97. The van der Waals surface area contributed by atoms with Gasteiger partial charge >= 0.3 is 0 Å². The summed E-state index contributed by atoms with van der Waals surface area (Å²) in [7, 11) is 0. The topological polar surface area (TPSA) is 77.8 Å². The Hall–Kier alpha value is -1.14. The first kappa shape index (κ1) is 7.28. The molecule has 66 valence electrons. The minimum Gasteiger partial charge on any atom is -0.375 e. The van der Waals surface area contributed by atoms with Gasteiger partial charge in [0.05, 0.1) is 21.1 Å². The lowest BCUT2D eigenvalue weighted by molar-refractivity contribution is 1.10. The van der Waals surface area contributed by atoms with Gasteiger partial charge in [0.2, 0.25) is 0 Å². The lowest BCUT2D eigenvalue weighted by atomic mass is 10.3. The van der Waals surface area contributed by atoms with Crippen LogP contribution in [0.25, 0.3) is 9.75 Å². The summed E-state index contributed by atoms with van der Waals surface area (Å²) in [6.07, 6.45) is 0.784. The highest BCUT2D eigenvalue weighted by Crippen LogP contribution is 2.44. The van der Waals surface area contributed by atoms with Crippen LogP contribution in [0.3, 0.4) is 0 Å². The van der Waals surface area contributed by atoms with Crippen LogP contribution in [0.15, 0.2) is 0 Å². The van der Waals surface area contributed by atoms with Crippen molar-refractivity contribution in [1.82, 2.24) is 9.97 Å². The number of nitrogens with zero attached hydrogens (tertiary/aromatic N) is 2. The molecule has 2 heterocycles. The SMILES string of the molecule is Nc1nc2c(s1)-c1sc(N)nc1C2. The van der Waals surface area contributed by atoms with E-state index in [0.29, 0.717) is 10.3 Å². The molecule has 0 unspecified atom stereocenters. The quantitative estimate of drug-likeness (QED) is 0.587. The van der Waals surface area contributed by atoms with Gasteiger partial charge in [0.25, 0.3) is 0 Å². The summed E-state index contributed by atoms with van der Waals surface area (Å²) in [4.78, 5) is 10.8. The molecule has 6 heteroatoms. The van der Waals surface area contributed by atoms with Crippen molar-refractivity contribution in [3.8, 4) is 9.75 Å². The van der Waals surface area contributed by atoms with E-state index in [4.69, 9.17) is 11.5 Å². The fourth-order valence-electron chi connectivity index (χ4n) is 1.49. The number of rotatable bonds is 0. The highest BCUT2D eigenvalue weighted by atomic mass is 32.1. The Morgan fingerprint density at radius 1 is 0.923 bits per heavy atom. The summed E-state index contributed by atoms with van der Waals surface area (Å²) in [5.74, 6) is 0. The molecule has 0 aliphatic heterocycles. The van der Waals surface area contributed by atoms with Crippen molar-refractivity contribution in [3.05, 3.63) is 11.4 Å². The van der Waals surface area contributed by atoms with Crippen molar-refractivity contribution < 1.29 is 0 Å². The zero-order valence-corrected chi connectivity index (χ0v) is 8.21. The zero-order valence-electron chi connectivity index (χ0n) is 6.57. The molecule has 1 aliphatic carbocycles. The number of nitrogen functional groups attached to an aromatic ring is 2. The predicted octanol–water partition coefficient (Wildman–Crippen LogP) is 1.34. The second-order valence-corrected chi connectivity index (χ2v) is 4.89. The number of anilines is 2. The number of hydrogen-bond donors (Lipinski definition) is 2. The molecular formula is C7H6N4S2. The maximum absolute atomic E-state index is 5.61. The molecular weight excluding hydrogens is 204 g/mol. The average Bonchev–Trinajstić information content (AvgIpc) is 2.60. The molecule has 0 saturated carbocycles. The molecule has 4 nitrogen and oxygen atoms in total. The first-order valence-corrected chi connectivity index (χ1v) is 5.38. The van der Waals surface area contributed by atoms with E-state index in [-0.39, 0.29) is 0 Å². The number of hydrogen-bond acceptors (Lipinski definition) is 6. The number of nitrogens with two attached hydrogens (primary N) is 2. The lowest BCUT2D eigenvalue weighted by Gasteiger charge is -1.84. The minimum absolute atomic E-state index is 0.627. The van der Waals surface area contributed by atoms with E-state index < -0.39 is 0 Å². The Bertz CT molecular complexity index is 440. The standard InChI is InChI=1S/C7H6N4S2/c8-6-10-2-1-3-5(4(2)12-6)13-7(9)11-3/h1H2,(H2,8,10)(H2,9,11). The van der Waals surface area contributed by atoms with Crippen LogP contribution in [0.4, 0.5) is 10.3 Å². The molecule has 0 spiro atoms. The Morgan fingerprint density at radius 2 is 1.38 bits per heavy atom. The second kappa shape index (κ2) is 2.21. The van der Waals surface area contributed by atoms with Crippen LogP contribution in [-0.2, 0) is 6.42 Å². The Labute approximate surface area is 82.2 Å². The van der Waals surface area contributed by atoms with Gasteiger partial charge in [-0.25, -0.2) is 9.97 Å². The van der Waals surface area contributed by atoms with Gasteiger partial charge in [-0.05, 0) is 0 Å². The normalized spacial score (nSPS) is 12.9. The van der Waals surface area contributed by atoms with Gasteiger partial charge in [-0.3, -0.25) is 0 Å². The molecule has 3 rings (SSSR count). The van der Waals surface area contributed by atoms with Crippen LogP contribution in [-0.4, -0.2) is 9.97 Å². The molecule has 0 fully saturated rings. The van der Waals surface area contributed by atoms with Gasteiger partial charge in [-0.15, -0.1) is 0 Å². The van der Waals surface area contributed by atoms with Crippen LogP contribution in [0.5, 0.6) is 0 Å². The van der Waals surface area contributed by atoms with E-state index in [1.165, 1.54) is 22.7 Å². The van der Waals surface area contributed by atoms with Gasteiger partial charge in [-0.2, -0.15) is 0 Å². The molecule has 4 N–H and O–H groups in total. The van der Waals surface area contributed by atoms with E-state index in [0.717, 1.165) is 27.6 Å². The summed E-state index contributed by atoms with van der Waals surface area (Å²) in [6, 6.07) is 0. The maximum atomic E-state index is 5.61. The lowest BCUT2D eigenvalue weighted by Crippen LogP contribution is -1.88. The largest absolute Gasteiger partial charge is 0.375 e. The highest BCUT2D eigenvalue weighted by Gasteiger charge is 2.26. The van der Waals surface area contributed by atoms with Crippen LogP contribution in [0, 0.1) is 0 Å². The van der Waals surface area contributed by atoms with Crippen molar-refractivity contribution in [1.29, 1.82) is 0 Å². The molecule has 0 aromatic carbocycles. The summed E-state index contributed by atoms with van der Waals surface area (Å²) in [5, 5.41) is 1.25. The smallest absolute Gasteiger partial charge is 0.180 e. The van der Waals surface area contributed by atoms with E-state index >= 15 is 0 Å². The van der Waals surface area contributed by atoms with E-state index in [1.54, 1.807) is 0 Å². The Morgan fingerprint density at radius 3 is 1.85 bits per heavy atom. The number of fused-ring (bicyclic) bond motifs is 3. The Balaban J connectivity index is 2.28. The summed E-state index contributed by atoms with van der Waals surface area (Å²) >= 11 is 3.03.